The number of thioether (sulfide) groups is 5. The van der Waals surface area contributed by atoms with Crippen molar-refractivity contribution in [3.05, 3.63) is 107 Å². The maximum atomic E-state index is 11.8. The summed E-state index contributed by atoms with van der Waals surface area (Å²) in [6.07, 6.45) is 20.7. The summed E-state index contributed by atoms with van der Waals surface area (Å²) in [6, 6.07) is 6.73. The number of esters is 2. The van der Waals surface area contributed by atoms with Gasteiger partial charge in [0.1, 0.15) is 34.2 Å². The Balaban J connectivity index is -0.000000999. The molecule has 39 heteroatoms. The fraction of sp³-hybridized carbons (Fsp3) is 0.346. The van der Waals surface area contributed by atoms with Crippen molar-refractivity contribution in [3.63, 3.8) is 0 Å². The summed E-state index contributed by atoms with van der Waals surface area (Å²) in [6.45, 7) is 7.92. The Labute approximate surface area is 585 Å². The number of ether oxygens (including phenoxy) is 2. The number of hydrogen-bond donors (Lipinski definition) is 4. The van der Waals surface area contributed by atoms with Crippen LogP contribution in [0.25, 0.3) is 39.2 Å². The van der Waals surface area contributed by atoms with E-state index in [0.717, 1.165) is 20.6 Å². The highest BCUT2D eigenvalue weighted by Crippen LogP contribution is 2.61. The van der Waals surface area contributed by atoms with E-state index >= 15 is 0 Å². The Hall–Kier alpha value is -4.57. The molecule has 0 aliphatic rings. The van der Waals surface area contributed by atoms with Crippen LogP contribution in [0.3, 0.4) is 0 Å². The van der Waals surface area contributed by atoms with Gasteiger partial charge in [0.2, 0.25) is 5.56 Å². The van der Waals surface area contributed by atoms with Crippen molar-refractivity contribution in [1.29, 1.82) is 0 Å². The monoisotopic (exact) mass is 1600 g/mol. The molecule has 8 aromatic heterocycles. The zero-order chi connectivity index (χ0) is 65.3. The number of aldehydes is 1. The molecule has 8 heterocycles. The number of rotatable bonds is 16. The molecule has 6 N–H and O–H groups in total. The fourth-order valence-corrected chi connectivity index (χ4v) is 9.47. The standard InChI is InChI=1S/C10H13N3O2S.C8H5BrClN3S.C8H6BrN3OS.C8H7N3OS.C8H17O5P.C6H7N3OS.4CH4.Cl3OP/c1-3-15-8(14)5-4-7-6-12-10(16-2)13-9(7)11;1-14-8-11-3-4-2-5(9)6(10)12-7(4)13-8;1-14-8-10-3-4-2-5(9)7(13)11-6(4)12-8;1-13-8-9-4-5-2-3-6(12)10-7(5)11-8;1-4-11-8(9)7-14(10,12-5-2)13-6-3;1-11-6-8-2-4(3-10)5(7)9-6;;;;;1-5(2,3)4/h4-6H,3H2,1-2H3,(H2,11,12,13);2-3H,1H3;2-3H,1H3,(H,10,11,12,13);2-4H,1H3,(H,9,10,11,12);4-7H2,1-3H3;2-3H,1H3,(H2,7,8,9);4*1H4;/b5-4+;;;;;;;;;;. The third kappa shape index (κ3) is 35.5. The molecule has 0 aliphatic carbocycles. The molecular weight excluding hydrogens is 1530 g/mol. The minimum Gasteiger partial charge on any atom is -0.466 e. The average Bonchev–Trinajstić information content (AvgIpc) is 0.933. The van der Waals surface area contributed by atoms with Crippen LogP contribution in [0.2, 0.25) is 5.15 Å². The minimum atomic E-state index is -3.28. The van der Waals surface area contributed by atoms with Crippen molar-refractivity contribution in [2.24, 2.45) is 0 Å². The molecule has 0 amide bonds. The third-order valence-corrected chi connectivity index (χ3v) is 15.6. The number of nitrogen functional groups attached to an aromatic ring is 2. The van der Waals surface area contributed by atoms with Crippen LogP contribution in [0.5, 0.6) is 0 Å². The number of aromatic nitrogens is 13. The normalized spacial score (nSPS) is 10.2. The number of carbonyl (C=O) groups excluding carboxylic acids is 3. The van der Waals surface area contributed by atoms with E-state index in [-0.39, 0.29) is 72.6 Å². The van der Waals surface area contributed by atoms with Gasteiger partial charge in [0.05, 0.1) is 40.9 Å². The van der Waals surface area contributed by atoms with E-state index in [1.165, 1.54) is 83.2 Å². The van der Waals surface area contributed by atoms with E-state index in [9.17, 15) is 33.1 Å². The molecule has 0 atom stereocenters. The van der Waals surface area contributed by atoms with Crippen LogP contribution in [-0.4, -0.2) is 147 Å². The summed E-state index contributed by atoms with van der Waals surface area (Å²) in [5.41, 5.74) is 13.5. The first kappa shape index (κ1) is 90.6. The Morgan fingerprint density at radius 3 is 1.48 bits per heavy atom. The molecule has 0 radical (unpaired) electrons. The van der Waals surface area contributed by atoms with Gasteiger partial charge in [-0.3, -0.25) is 28.3 Å². The molecule has 8 aromatic rings. The van der Waals surface area contributed by atoms with Crippen LogP contribution in [0.4, 0.5) is 11.6 Å². The lowest BCUT2D eigenvalue weighted by atomic mass is 10.3. The Morgan fingerprint density at radius 2 is 1.02 bits per heavy atom. The topological polar surface area (TPSA) is 382 Å². The zero-order valence-corrected chi connectivity index (χ0v) is 59.3. The van der Waals surface area contributed by atoms with Gasteiger partial charge in [-0.1, -0.05) is 100 Å². The molecule has 8 rings (SSSR count). The third-order valence-electron chi connectivity index (χ3n) is 9.09. The summed E-state index contributed by atoms with van der Waals surface area (Å²) >= 11 is 33.3. The fourth-order valence-electron chi connectivity index (χ4n) is 5.49. The lowest BCUT2D eigenvalue weighted by Gasteiger charge is -2.15. The predicted molar refractivity (Wildman–Crippen MR) is 385 cm³/mol. The molecule has 0 saturated heterocycles. The van der Waals surface area contributed by atoms with Crippen LogP contribution in [-0.2, 0) is 37.2 Å². The first-order valence-corrected chi connectivity index (χ1v) is 38.3. The Bertz CT molecular complexity index is 3810. The van der Waals surface area contributed by atoms with Crippen LogP contribution in [0.1, 0.15) is 73.3 Å². The highest BCUT2D eigenvalue weighted by molar-refractivity contribution is 9.10. The first-order valence-electron chi connectivity index (χ1n) is 24.1. The van der Waals surface area contributed by atoms with Crippen molar-refractivity contribution in [3.8, 4) is 0 Å². The average molecular weight is 1610 g/mol. The van der Waals surface area contributed by atoms with Crippen molar-refractivity contribution in [2.45, 2.75) is 83.2 Å². The number of halogens is 6. The number of hydrogen-bond acceptors (Lipinski definition) is 29. The number of fused-ring (bicyclic) bond motifs is 3. The number of pyridine rings is 3. The molecule has 91 heavy (non-hydrogen) atoms. The van der Waals surface area contributed by atoms with Gasteiger partial charge < -0.3 is 40.0 Å². The summed E-state index contributed by atoms with van der Waals surface area (Å²) in [5.74, 6) is -0.382. The molecule has 0 saturated carbocycles. The van der Waals surface area contributed by atoms with Crippen molar-refractivity contribution in [1.82, 2.24) is 64.8 Å². The first-order chi connectivity index (χ1) is 41.2. The maximum Gasteiger partial charge on any atom is 0.341 e. The quantitative estimate of drug-likeness (QED) is 0.0133. The van der Waals surface area contributed by atoms with E-state index in [2.05, 4.69) is 135 Å². The van der Waals surface area contributed by atoms with Crippen LogP contribution >= 0.6 is 149 Å². The molecule has 0 bridgehead atoms. The second kappa shape index (κ2) is 48.2. The van der Waals surface area contributed by atoms with Gasteiger partial charge in [-0.25, -0.2) is 59.6 Å². The van der Waals surface area contributed by atoms with Crippen molar-refractivity contribution < 1.29 is 42.0 Å². The lowest BCUT2D eigenvalue weighted by Crippen LogP contribution is -2.12. The van der Waals surface area contributed by atoms with E-state index in [0.29, 0.717) is 82.2 Å². The van der Waals surface area contributed by atoms with E-state index in [1.54, 1.807) is 64.6 Å². The highest BCUT2D eigenvalue weighted by Gasteiger charge is 2.28. The predicted octanol–water partition coefficient (Wildman–Crippen LogP) is 15.1. The van der Waals surface area contributed by atoms with Gasteiger partial charge in [-0.2, -0.15) is 0 Å². The second-order valence-corrected chi connectivity index (χ2v) is 29.7. The van der Waals surface area contributed by atoms with Crippen LogP contribution < -0.4 is 22.6 Å². The van der Waals surface area contributed by atoms with Gasteiger partial charge in [0.25, 0.3) is 5.56 Å². The van der Waals surface area contributed by atoms with Crippen LogP contribution in [0, 0.1) is 0 Å². The molecule has 0 unspecified atom stereocenters. The van der Waals surface area contributed by atoms with Gasteiger partial charge in [-0.15, -0.1) is 0 Å². The molecule has 0 aliphatic heterocycles. The van der Waals surface area contributed by atoms with E-state index < -0.39 is 24.7 Å². The summed E-state index contributed by atoms with van der Waals surface area (Å²) in [4.78, 5) is 105. The minimum absolute atomic E-state index is 0. The van der Waals surface area contributed by atoms with Gasteiger partial charge in [-0.05, 0) is 149 Å². The summed E-state index contributed by atoms with van der Waals surface area (Å²) < 4.78 is 41.7. The molecule has 0 fully saturated rings. The largest absolute Gasteiger partial charge is 0.466 e. The Kier molecular flexibility index (Phi) is 48.0. The van der Waals surface area contributed by atoms with E-state index in [1.807, 2.05) is 37.3 Å². The van der Waals surface area contributed by atoms with Crippen LogP contribution in [0.15, 0.2) is 106 Å². The van der Waals surface area contributed by atoms with Crippen molar-refractivity contribution in [2.75, 3.05) is 75.3 Å². The van der Waals surface area contributed by atoms with Gasteiger partial charge >= 0.3 is 24.7 Å². The van der Waals surface area contributed by atoms with Gasteiger partial charge in [0.15, 0.2) is 37.7 Å². The molecule has 26 nitrogen and oxygen atoms in total. The number of aromatic amines is 2. The summed E-state index contributed by atoms with van der Waals surface area (Å²) in [7, 11) is -3.28. The van der Waals surface area contributed by atoms with Gasteiger partial charge in [0, 0.05) is 64.8 Å². The number of H-pyrrole nitrogens is 2. The smallest absolute Gasteiger partial charge is 0.341 e. The Morgan fingerprint density at radius 1 is 0.593 bits per heavy atom. The summed E-state index contributed by atoms with van der Waals surface area (Å²) in [5, 5.41) is 2.92. The molecule has 502 valence electrons. The zero-order valence-electron chi connectivity index (χ0n) is 47.2. The number of nitrogens with two attached hydrogens (primary N) is 2. The number of carbonyl (C=O) groups is 3. The van der Waals surface area contributed by atoms with Crippen molar-refractivity contribution >= 4 is 218 Å². The highest BCUT2D eigenvalue weighted by atomic mass is 79.9. The lowest BCUT2D eigenvalue weighted by molar-refractivity contribution is -0.140. The number of anilines is 2. The molecule has 0 aromatic carbocycles. The second-order valence-electron chi connectivity index (χ2n) is 15.0. The molecule has 0 spiro atoms. The maximum absolute atomic E-state index is 11.8. The van der Waals surface area contributed by atoms with E-state index in [4.69, 9.17) is 36.9 Å². The number of nitrogens with one attached hydrogen (secondary N) is 2. The SMILES string of the molecule is C.C.C.C.CCOC(=O)/C=C/c1cnc(SC)nc1N.CCOC(=O)CP(=O)(OCC)OCC.CSc1ncc(C=O)c(N)n1.CSc1ncc2cc(Br)c(=O)[nH]c2n1.CSc1ncc2cc(Br)c(Cl)nc2n1.CSc1ncc2ccc(=O)[nH]c2n1.O=P(Cl)(Cl)Cl. The molecular formula is C52H71Br2Cl4N15O11P2S5. The number of nitrogens with zero attached hydrogens (tertiary/aromatic N) is 11.